The number of hydrogen-bond acceptors (Lipinski definition) is 6. The Kier molecular flexibility index (Phi) is 5.40. The molecule has 0 bridgehead atoms. The molecule has 0 spiro atoms. The molecule has 0 aliphatic carbocycles. The fourth-order valence-electron chi connectivity index (χ4n) is 1.43. The molecule has 8 heteroatoms. The molecule has 2 atom stereocenters. The van der Waals surface area contributed by atoms with Crippen molar-refractivity contribution >= 4 is 22.6 Å². The lowest BCUT2D eigenvalue weighted by Crippen LogP contribution is -2.22. The lowest BCUT2D eigenvalue weighted by atomic mass is 10.0. The van der Waals surface area contributed by atoms with E-state index in [1.807, 2.05) is 0 Å². The van der Waals surface area contributed by atoms with Gasteiger partial charge < -0.3 is 10.2 Å². The highest BCUT2D eigenvalue weighted by atomic mass is 32.2. The summed E-state index contributed by atoms with van der Waals surface area (Å²) < 4.78 is 13.1. The summed E-state index contributed by atoms with van der Waals surface area (Å²) in [6, 6.07) is 2.61. The first-order valence-electron chi connectivity index (χ1n) is 5.26. The third-order valence-electron chi connectivity index (χ3n) is 2.33. The smallest absolute Gasteiger partial charge is 0.275 e. The summed E-state index contributed by atoms with van der Waals surface area (Å²) in [6.45, 7) is 1.29. The molecule has 104 valence electrons. The summed E-state index contributed by atoms with van der Waals surface area (Å²) in [7, 11) is 0. The van der Waals surface area contributed by atoms with E-state index in [9.17, 15) is 29.5 Å². The molecule has 1 rings (SSSR count). The normalized spacial score (nSPS) is 13.9. The third-order valence-corrected chi connectivity index (χ3v) is 3.24. The second kappa shape index (κ2) is 6.60. The second-order valence-corrected chi connectivity index (χ2v) is 4.97. The van der Waals surface area contributed by atoms with Crippen molar-refractivity contribution in [2.75, 3.05) is 5.75 Å². The first kappa shape index (κ1) is 15.5. The molecule has 0 saturated carbocycles. The van der Waals surface area contributed by atoms with E-state index in [1.54, 1.807) is 0 Å². The molecule has 0 amide bonds. The van der Waals surface area contributed by atoms with Crippen molar-refractivity contribution < 1.29 is 24.3 Å². The van der Waals surface area contributed by atoms with Crippen molar-refractivity contribution in [2.45, 2.75) is 19.1 Å². The number of nitrogens with zero attached hydrogens (tertiary/aromatic N) is 1. The van der Waals surface area contributed by atoms with Gasteiger partial charge in [0.1, 0.15) is 11.9 Å². The van der Waals surface area contributed by atoms with E-state index in [0.717, 1.165) is 30.0 Å². The summed E-state index contributed by atoms with van der Waals surface area (Å²) in [5, 5.41) is 30.0. The van der Waals surface area contributed by atoms with Crippen molar-refractivity contribution in [3.8, 4) is 0 Å². The van der Waals surface area contributed by atoms with Gasteiger partial charge in [0, 0.05) is 18.7 Å². The van der Waals surface area contributed by atoms with Gasteiger partial charge in [0.2, 0.25) is 0 Å². The highest BCUT2D eigenvalue weighted by molar-refractivity contribution is 8.13. The summed E-state index contributed by atoms with van der Waals surface area (Å²) in [5.41, 5.74) is -0.803. The maximum atomic E-state index is 13.1. The van der Waals surface area contributed by atoms with E-state index in [-0.39, 0.29) is 16.4 Å². The maximum Gasteiger partial charge on any atom is 0.275 e. The summed E-state index contributed by atoms with van der Waals surface area (Å²) >= 11 is 0.768. The SMILES string of the molecule is CC(=O)SCC(O)C(O)c1cc(F)ccc1[N+](=O)[O-]. The highest BCUT2D eigenvalue weighted by Crippen LogP contribution is 2.29. The summed E-state index contributed by atoms with van der Waals surface area (Å²) in [4.78, 5) is 20.7. The molecule has 2 unspecified atom stereocenters. The Bertz CT molecular complexity index is 496. The molecule has 1 aromatic carbocycles. The van der Waals surface area contributed by atoms with Crippen LogP contribution in [0.5, 0.6) is 0 Å². The van der Waals surface area contributed by atoms with E-state index in [1.165, 1.54) is 6.92 Å². The fourth-order valence-corrected chi connectivity index (χ4v) is 2.02. The minimum atomic E-state index is -1.64. The number of rotatable bonds is 5. The first-order chi connectivity index (χ1) is 8.82. The molecule has 0 fully saturated rings. The van der Waals surface area contributed by atoms with E-state index in [4.69, 9.17) is 0 Å². The van der Waals surface area contributed by atoms with Crippen LogP contribution in [0.1, 0.15) is 18.6 Å². The molecule has 6 nitrogen and oxygen atoms in total. The predicted molar refractivity (Wildman–Crippen MR) is 67.2 cm³/mol. The number of carbonyl (C=O) groups is 1. The van der Waals surface area contributed by atoms with E-state index < -0.39 is 28.6 Å². The number of aliphatic hydroxyl groups excluding tert-OH is 2. The number of aliphatic hydroxyl groups is 2. The number of carbonyl (C=O) groups excluding carboxylic acids is 1. The van der Waals surface area contributed by atoms with Crippen LogP contribution >= 0.6 is 11.8 Å². The van der Waals surface area contributed by atoms with Crippen molar-refractivity contribution in [1.29, 1.82) is 0 Å². The lowest BCUT2D eigenvalue weighted by Gasteiger charge is -2.17. The molecule has 0 saturated heterocycles. The average Bonchev–Trinajstić information content (AvgIpc) is 2.34. The van der Waals surface area contributed by atoms with Gasteiger partial charge in [0.15, 0.2) is 5.12 Å². The zero-order valence-corrected chi connectivity index (χ0v) is 10.8. The van der Waals surface area contributed by atoms with E-state index in [0.29, 0.717) is 0 Å². The van der Waals surface area contributed by atoms with E-state index in [2.05, 4.69) is 0 Å². The van der Waals surface area contributed by atoms with Crippen molar-refractivity contribution in [3.05, 3.63) is 39.7 Å². The van der Waals surface area contributed by atoms with Gasteiger partial charge in [0.05, 0.1) is 16.6 Å². The van der Waals surface area contributed by atoms with Crippen molar-refractivity contribution in [3.63, 3.8) is 0 Å². The summed E-state index contributed by atoms with van der Waals surface area (Å²) in [5.74, 6) is -0.893. The Hall–Kier alpha value is -1.51. The molecule has 2 N–H and O–H groups in total. The van der Waals surface area contributed by atoms with Crippen LogP contribution in [0.2, 0.25) is 0 Å². The van der Waals surface area contributed by atoms with Crippen LogP contribution in [-0.4, -0.2) is 32.1 Å². The Morgan fingerprint density at radius 1 is 1.53 bits per heavy atom. The van der Waals surface area contributed by atoms with Gasteiger partial charge in [-0.15, -0.1) is 0 Å². The predicted octanol–water partition coefficient (Wildman–Crippen LogP) is 1.41. The summed E-state index contributed by atoms with van der Waals surface area (Å²) in [6.07, 6.45) is -3.04. The van der Waals surface area contributed by atoms with Crippen LogP contribution in [0.3, 0.4) is 0 Å². The Balaban J connectivity index is 2.97. The molecule has 0 aromatic heterocycles. The molecule has 19 heavy (non-hydrogen) atoms. The standard InChI is InChI=1S/C11H12FNO5S/c1-6(14)19-5-10(15)11(16)8-4-7(12)2-3-9(8)13(17)18/h2-4,10-11,15-16H,5H2,1H3. The van der Waals surface area contributed by atoms with Crippen LogP contribution in [0.4, 0.5) is 10.1 Å². The zero-order chi connectivity index (χ0) is 14.6. The van der Waals surface area contributed by atoms with Gasteiger partial charge in [-0.2, -0.15) is 0 Å². The van der Waals surface area contributed by atoms with Crippen LogP contribution in [-0.2, 0) is 4.79 Å². The zero-order valence-electron chi connectivity index (χ0n) is 9.95. The van der Waals surface area contributed by atoms with Crippen molar-refractivity contribution in [1.82, 2.24) is 0 Å². The van der Waals surface area contributed by atoms with Gasteiger partial charge in [0.25, 0.3) is 5.69 Å². The van der Waals surface area contributed by atoms with E-state index >= 15 is 0 Å². The van der Waals surface area contributed by atoms with Crippen molar-refractivity contribution in [2.24, 2.45) is 0 Å². The second-order valence-electron chi connectivity index (χ2n) is 3.78. The van der Waals surface area contributed by atoms with Crippen LogP contribution in [0, 0.1) is 15.9 Å². The van der Waals surface area contributed by atoms with Gasteiger partial charge in [-0.25, -0.2) is 4.39 Å². The number of thioether (sulfide) groups is 1. The first-order valence-corrected chi connectivity index (χ1v) is 6.24. The number of benzene rings is 1. The lowest BCUT2D eigenvalue weighted by molar-refractivity contribution is -0.386. The minimum Gasteiger partial charge on any atom is -0.389 e. The van der Waals surface area contributed by atoms with Gasteiger partial charge in [-0.1, -0.05) is 11.8 Å². The minimum absolute atomic E-state index is 0.135. The van der Waals surface area contributed by atoms with Gasteiger partial charge in [-0.3, -0.25) is 14.9 Å². The monoisotopic (exact) mass is 289 g/mol. The third kappa shape index (κ3) is 4.27. The van der Waals surface area contributed by atoms with Gasteiger partial charge in [-0.05, 0) is 12.1 Å². The number of hydrogen-bond donors (Lipinski definition) is 2. The van der Waals surface area contributed by atoms with Gasteiger partial charge >= 0.3 is 0 Å². The molecule has 0 heterocycles. The highest BCUT2D eigenvalue weighted by Gasteiger charge is 2.27. The molecular weight excluding hydrogens is 277 g/mol. The molecule has 0 aliphatic heterocycles. The fraction of sp³-hybridized carbons (Fsp3) is 0.364. The quantitative estimate of drug-likeness (QED) is 0.628. The average molecular weight is 289 g/mol. The molecular formula is C11H12FNO5S. The molecule has 0 radical (unpaired) electrons. The molecule has 1 aromatic rings. The number of nitro groups is 1. The largest absolute Gasteiger partial charge is 0.389 e. The van der Waals surface area contributed by atoms with Crippen LogP contribution < -0.4 is 0 Å². The van der Waals surface area contributed by atoms with Crippen LogP contribution in [0.15, 0.2) is 18.2 Å². The number of halogens is 1. The Labute approximate surface area is 112 Å². The Morgan fingerprint density at radius 3 is 2.68 bits per heavy atom. The maximum absolute atomic E-state index is 13.1. The van der Waals surface area contributed by atoms with Crippen LogP contribution in [0.25, 0.3) is 0 Å². The molecule has 0 aliphatic rings. The Morgan fingerprint density at radius 2 is 2.16 bits per heavy atom. The number of nitro benzene ring substituents is 1. The topological polar surface area (TPSA) is 101 Å².